The maximum absolute atomic E-state index is 11.6. The number of hydrogen-bond acceptors (Lipinski definition) is 1. The molecule has 1 rings (SSSR count). The van der Waals surface area contributed by atoms with E-state index in [4.69, 9.17) is 0 Å². The summed E-state index contributed by atoms with van der Waals surface area (Å²) in [5.41, 5.74) is 0.758. The average Bonchev–Trinajstić information content (AvgIpc) is 2.31. The van der Waals surface area contributed by atoms with Gasteiger partial charge in [-0.15, -0.1) is 0 Å². The van der Waals surface area contributed by atoms with Gasteiger partial charge in [0.1, 0.15) is 5.84 Å². The predicted molar refractivity (Wildman–Crippen MR) is 71.5 cm³/mol. The lowest BCUT2D eigenvalue weighted by Gasteiger charge is -2.19. The predicted octanol–water partition coefficient (Wildman–Crippen LogP) is 2.98. The topological polar surface area (TPSA) is 44.7 Å². The van der Waals surface area contributed by atoms with Crippen molar-refractivity contribution in [1.29, 1.82) is 0 Å². The van der Waals surface area contributed by atoms with Crippen LogP contribution in [0.5, 0.6) is 0 Å². The van der Waals surface area contributed by atoms with Gasteiger partial charge in [0.25, 0.3) is 0 Å². The number of rotatable bonds is 3. The van der Waals surface area contributed by atoms with Crippen molar-refractivity contribution in [3.63, 3.8) is 0 Å². The maximum atomic E-state index is 11.6. The Balaban J connectivity index is 2.63. The minimum absolute atomic E-state index is 0.333. The van der Waals surface area contributed by atoms with Crippen molar-refractivity contribution in [2.45, 2.75) is 20.8 Å². The number of aliphatic imine (C=N–C) groups is 1. The zero-order valence-corrected chi connectivity index (χ0v) is 10.6. The summed E-state index contributed by atoms with van der Waals surface area (Å²) in [6.07, 6.45) is 0. The first-order valence-electron chi connectivity index (χ1n) is 5.83. The number of carbonyl (C=O) groups excluding carboxylic acids is 1. The Hall–Kier alpha value is -1.84. The van der Waals surface area contributed by atoms with E-state index in [0.29, 0.717) is 0 Å². The number of amidine groups is 1. The van der Waals surface area contributed by atoms with Crippen molar-refractivity contribution in [2.24, 2.45) is 4.99 Å². The van der Waals surface area contributed by atoms with E-state index in [1.165, 1.54) is 0 Å². The smallest absolute Gasteiger partial charge is 0.347 e. The summed E-state index contributed by atoms with van der Waals surface area (Å²) in [7, 11) is 0. The lowest BCUT2D eigenvalue weighted by Crippen LogP contribution is -2.29. The minimum Gasteiger partial charge on any atom is -0.361 e. The Kier molecular flexibility index (Phi) is 5.20. The summed E-state index contributed by atoms with van der Waals surface area (Å²) in [6.45, 7) is 7.63. The van der Waals surface area contributed by atoms with Crippen molar-refractivity contribution >= 4 is 17.6 Å². The van der Waals surface area contributed by atoms with E-state index in [1.807, 2.05) is 56.0 Å². The molecule has 0 aliphatic carbocycles. The van der Waals surface area contributed by atoms with Crippen LogP contribution in [0.3, 0.4) is 0 Å². The summed E-state index contributed by atoms with van der Waals surface area (Å²) in [5.74, 6) is 0.739. The molecule has 4 heteroatoms. The molecule has 0 saturated carbocycles. The standard InChI is InChI=1S/C13H19N3O/c1-4-16(5-2)11(3)14-13(17)15-12-9-7-6-8-10-12/h6-10H,4-5H2,1-3H3,(H,15,17)/b14-11+. The second-order valence-corrected chi connectivity index (χ2v) is 3.63. The summed E-state index contributed by atoms with van der Waals surface area (Å²) >= 11 is 0. The zero-order valence-electron chi connectivity index (χ0n) is 10.6. The Morgan fingerprint density at radius 2 is 1.82 bits per heavy atom. The van der Waals surface area contributed by atoms with Gasteiger partial charge in [0.05, 0.1) is 0 Å². The molecule has 0 spiro atoms. The van der Waals surface area contributed by atoms with E-state index in [0.717, 1.165) is 24.6 Å². The Bertz CT molecular complexity index is 383. The number of carbonyl (C=O) groups is 1. The highest BCUT2D eigenvalue weighted by molar-refractivity contribution is 5.99. The first-order chi connectivity index (χ1) is 8.17. The highest BCUT2D eigenvalue weighted by atomic mass is 16.2. The second-order valence-electron chi connectivity index (χ2n) is 3.63. The van der Waals surface area contributed by atoms with E-state index < -0.39 is 0 Å². The normalized spacial score (nSPS) is 11.1. The molecule has 0 aromatic heterocycles. The quantitative estimate of drug-likeness (QED) is 0.644. The van der Waals surface area contributed by atoms with Crippen molar-refractivity contribution in [3.8, 4) is 0 Å². The molecule has 0 aliphatic heterocycles. The van der Waals surface area contributed by atoms with Gasteiger partial charge in [0, 0.05) is 18.8 Å². The van der Waals surface area contributed by atoms with Crippen molar-refractivity contribution in [1.82, 2.24) is 4.90 Å². The first-order valence-corrected chi connectivity index (χ1v) is 5.83. The summed E-state index contributed by atoms with van der Waals surface area (Å²) in [6, 6.07) is 8.98. The monoisotopic (exact) mass is 233 g/mol. The summed E-state index contributed by atoms with van der Waals surface area (Å²) < 4.78 is 0. The summed E-state index contributed by atoms with van der Waals surface area (Å²) in [5, 5.41) is 2.72. The SMILES string of the molecule is CCN(CC)/C(C)=N/C(=O)Nc1ccccc1. The number of benzene rings is 1. The van der Waals surface area contributed by atoms with Gasteiger partial charge in [-0.1, -0.05) is 18.2 Å². The number of urea groups is 1. The Morgan fingerprint density at radius 3 is 2.35 bits per heavy atom. The van der Waals surface area contributed by atoms with Crippen LogP contribution in [0.2, 0.25) is 0 Å². The number of amides is 2. The molecule has 0 heterocycles. The van der Waals surface area contributed by atoms with Crippen LogP contribution in [-0.4, -0.2) is 29.9 Å². The molecule has 1 aromatic carbocycles. The fraction of sp³-hybridized carbons (Fsp3) is 0.385. The van der Waals surface area contributed by atoms with E-state index in [2.05, 4.69) is 10.3 Å². The zero-order chi connectivity index (χ0) is 12.7. The van der Waals surface area contributed by atoms with Gasteiger partial charge >= 0.3 is 6.03 Å². The van der Waals surface area contributed by atoms with E-state index in [9.17, 15) is 4.79 Å². The van der Waals surface area contributed by atoms with Crippen LogP contribution < -0.4 is 5.32 Å². The summed E-state index contributed by atoms with van der Waals surface area (Å²) in [4.78, 5) is 17.7. The maximum Gasteiger partial charge on any atom is 0.347 e. The number of nitrogens with one attached hydrogen (secondary N) is 1. The van der Waals surface area contributed by atoms with Crippen LogP contribution in [0.4, 0.5) is 10.5 Å². The molecule has 1 aromatic rings. The molecule has 0 atom stereocenters. The number of nitrogens with zero attached hydrogens (tertiary/aromatic N) is 2. The van der Waals surface area contributed by atoms with E-state index in [-0.39, 0.29) is 6.03 Å². The fourth-order valence-corrected chi connectivity index (χ4v) is 1.57. The third kappa shape index (κ3) is 4.26. The number of hydrogen-bond donors (Lipinski definition) is 1. The van der Waals surface area contributed by atoms with Crippen LogP contribution in [0.25, 0.3) is 0 Å². The Labute approximate surface area is 102 Å². The third-order valence-electron chi connectivity index (χ3n) is 2.51. The fourth-order valence-electron chi connectivity index (χ4n) is 1.57. The Morgan fingerprint density at radius 1 is 1.24 bits per heavy atom. The van der Waals surface area contributed by atoms with Gasteiger partial charge in [0.2, 0.25) is 0 Å². The van der Waals surface area contributed by atoms with Crippen LogP contribution in [0, 0.1) is 0 Å². The molecule has 0 bridgehead atoms. The molecule has 4 nitrogen and oxygen atoms in total. The average molecular weight is 233 g/mol. The first kappa shape index (κ1) is 13.2. The molecule has 92 valence electrons. The van der Waals surface area contributed by atoms with Gasteiger partial charge in [-0.25, -0.2) is 4.79 Å². The second kappa shape index (κ2) is 6.68. The molecule has 0 radical (unpaired) electrons. The van der Waals surface area contributed by atoms with Crippen molar-refractivity contribution in [3.05, 3.63) is 30.3 Å². The van der Waals surface area contributed by atoms with Gasteiger partial charge in [-0.2, -0.15) is 4.99 Å². The van der Waals surface area contributed by atoms with Crippen molar-refractivity contribution in [2.75, 3.05) is 18.4 Å². The van der Waals surface area contributed by atoms with Gasteiger partial charge in [-0.05, 0) is 32.9 Å². The molecule has 17 heavy (non-hydrogen) atoms. The molecule has 0 unspecified atom stereocenters. The third-order valence-corrected chi connectivity index (χ3v) is 2.51. The number of anilines is 1. The number of para-hydroxylation sites is 1. The van der Waals surface area contributed by atoms with Gasteiger partial charge in [-0.3, -0.25) is 0 Å². The van der Waals surface area contributed by atoms with Gasteiger partial charge < -0.3 is 10.2 Å². The lowest BCUT2D eigenvalue weighted by molar-refractivity contribution is 0.259. The lowest BCUT2D eigenvalue weighted by atomic mass is 10.3. The molecule has 0 saturated heterocycles. The van der Waals surface area contributed by atoms with E-state index >= 15 is 0 Å². The molecule has 2 amide bonds. The largest absolute Gasteiger partial charge is 0.361 e. The van der Waals surface area contributed by atoms with Gasteiger partial charge in [0.15, 0.2) is 0 Å². The van der Waals surface area contributed by atoms with Crippen molar-refractivity contribution < 1.29 is 4.79 Å². The van der Waals surface area contributed by atoms with Crippen LogP contribution >= 0.6 is 0 Å². The van der Waals surface area contributed by atoms with Crippen LogP contribution in [0.1, 0.15) is 20.8 Å². The van der Waals surface area contributed by atoms with Crippen LogP contribution in [-0.2, 0) is 0 Å². The molecule has 0 aliphatic rings. The molecule has 0 fully saturated rings. The molecular formula is C13H19N3O. The molecular weight excluding hydrogens is 214 g/mol. The highest BCUT2D eigenvalue weighted by Gasteiger charge is 2.04. The highest BCUT2D eigenvalue weighted by Crippen LogP contribution is 2.05. The van der Waals surface area contributed by atoms with Crippen LogP contribution in [0.15, 0.2) is 35.3 Å². The molecule has 1 N–H and O–H groups in total. The minimum atomic E-state index is -0.333. The van der Waals surface area contributed by atoms with E-state index in [1.54, 1.807) is 0 Å².